The van der Waals surface area contributed by atoms with E-state index in [4.69, 9.17) is 0 Å². The number of piperidine rings is 1. The third-order valence-electron chi connectivity index (χ3n) is 4.84. The molecular formula is C20H23N3O3. The Balaban J connectivity index is 1.49. The Bertz CT molecular complexity index is 756. The first-order valence-electron chi connectivity index (χ1n) is 8.95. The molecule has 0 bridgehead atoms. The topological polar surface area (TPSA) is 75.5 Å². The van der Waals surface area contributed by atoms with Crippen LogP contribution >= 0.6 is 0 Å². The van der Waals surface area contributed by atoms with E-state index in [9.17, 15) is 14.9 Å². The zero-order valence-electron chi connectivity index (χ0n) is 14.6. The molecule has 2 aromatic rings. The maximum atomic E-state index is 12.4. The number of carbonyl (C=O) groups is 1. The largest absolute Gasteiger partial charge is 0.366 e. The van der Waals surface area contributed by atoms with E-state index in [2.05, 4.69) is 17.4 Å². The average Bonchev–Trinajstić information content (AvgIpc) is 2.69. The molecule has 0 unspecified atom stereocenters. The summed E-state index contributed by atoms with van der Waals surface area (Å²) in [5, 5.41) is 14.2. The summed E-state index contributed by atoms with van der Waals surface area (Å²) in [6.45, 7) is 1.94. The van der Waals surface area contributed by atoms with Crippen LogP contribution in [-0.2, 0) is 11.2 Å². The van der Waals surface area contributed by atoms with Crippen LogP contribution in [0.3, 0.4) is 0 Å². The van der Waals surface area contributed by atoms with Crippen LogP contribution in [0.5, 0.6) is 0 Å². The molecule has 0 saturated carbocycles. The first kappa shape index (κ1) is 17.9. The maximum Gasteiger partial charge on any atom is 0.292 e. The van der Waals surface area contributed by atoms with Gasteiger partial charge in [-0.25, -0.2) is 0 Å². The highest BCUT2D eigenvalue weighted by atomic mass is 16.6. The number of carbonyl (C=O) groups excluding carboxylic acids is 1. The van der Waals surface area contributed by atoms with Crippen molar-refractivity contribution in [1.29, 1.82) is 0 Å². The van der Waals surface area contributed by atoms with Gasteiger partial charge in [0.2, 0.25) is 5.91 Å². The molecule has 0 atom stereocenters. The van der Waals surface area contributed by atoms with Crippen LogP contribution < -0.4 is 10.2 Å². The molecule has 26 heavy (non-hydrogen) atoms. The molecule has 1 fully saturated rings. The van der Waals surface area contributed by atoms with E-state index in [0.717, 1.165) is 6.42 Å². The molecule has 1 aliphatic rings. The van der Waals surface area contributed by atoms with Crippen LogP contribution in [0, 0.1) is 16.0 Å². The Morgan fingerprint density at radius 3 is 2.42 bits per heavy atom. The van der Waals surface area contributed by atoms with Crippen molar-refractivity contribution in [2.24, 2.45) is 5.92 Å². The molecule has 1 saturated heterocycles. The summed E-state index contributed by atoms with van der Waals surface area (Å²) in [4.78, 5) is 25.2. The Hall–Kier alpha value is -2.89. The van der Waals surface area contributed by atoms with E-state index in [-0.39, 0.29) is 22.4 Å². The molecule has 0 aromatic heterocycles. The van der Waals surface area contributed by atoms with Gasteiger partial charge < -0.3 is 10.2 Å². The summed E-state index contributed by atoms with van der Waals surface area (Å²) < 4.78 is 0. The van der Waals surface area contributed by atoms with Gasteiger partial charge >= 0.3 is 0 Å². The van der Waals surface area contributed by atoms with Crippen molar-refractivity contribution in [1.82, 2.24) is 5.32 Å². The van der Waals surface area contributed by atoms with Crippen LogP contribution in [0.2, 0.25) is 0 Å². The molecule has 0 radical (unpaired) electrons. The monoisotopic (exact) mass is 353 g/mol. The standard InChI is InChI=1S/C20H23N3O3/c24-20(21-13-10-16-6-2-1-3-7-16)17-11-14-22(15-12-17)18-8-4-5-9-19(18)23(25)26/h1-9,17H,10-15H2,(H,21,24). The smallest absolute Gasteiger partial charge is 0.292 e. The second-order valence-corrected chi connectivity index (χ2v) is 6.53. The molecule has 1 aliphatic heterocycles. The summed E-state index contributed by atoms with van der Waals surface area (Å²) in [5.74, 6) is 0.0629. The van der Waals surface area contributed by atoms with E-state index in [1.807, 2.05) is 29.2 Å². The number of nitrogens with one attached hydrogen (secondary N) is 1. The number of hydrogen-bond donors (Lipinski definition) is 1. The van der Waals surface area contributed by atoms with Crippen molar-refractivity contribution >= 4 is 17.3 Å². The van der Waals surface area contributed by atoms with Gasteiger partial charge in [0.25, 0.3) is 5.69 Å². The van der Waals surface area contributed by atoms with Gasteiger partial charge in [0, 0.05) is 31.6 Å². The zero-order valence-corrected chi connectivity index (χ0v) is 14.6. The summed E-state index contributed by atoms with van der Waals surface area (Å²) in [6, 6.07) is 16.9. The Morgan fingerprint density at radius 1 is 1.08 bits per heavy atom. The predicted octanol–water partition coefficient (Wildman–Crippen LogP) is 3.17. The lowest BCUT2D eigenvalue weighted by Gasteiger charge is -2.32. The number of hydrogen-bond acceptors (Lipinski definition) is 4. The molecule has 2 aromatic carbocycles. The fraction of sp³-hybridized carbons (Fsp3) is 0.350. The molecule has 3 rings (SSSR count). The van der Waals surface area contributed by atoms with Gasteiger partial charge in [-0.1, -0.05) is 42.5 Å². The van der Waals surface area contributed by atoms with Crippen molar-refractivity contribution in [2.45, 2.75) is 19.3 Å². The van der Waals surface area contributed by atoms with Crippen LogP contribution in [0.15, 0.2) is 54.6 Å². The quantitative estimate of drug-likeness (QED) is 0.639. The third kappa shape index (κ3) is 4.39. The summed E-state index contributed by atoms with van der Waals surface area (Å²) in [5.41, 5.74) is 1.97. The third-order valence-corrected chi connectivity index (χ3v) is 4.84. The summed E-state index contributed by atoms with van der Waals surface area (Å²) in [6.07, 6.45) is 2.24. The van der Waals surface area contributed by atoms with Crippen LogP contribution in [0.25, 0.3) is 0 Å². The van der Waals surface area contributed by atoms with Gasteiger partial charge in [0.05, 0.1) is 4.92 Å². The van der Waals surface area contributed by atoms with Gasteiger partial charge in [0.1, 0.15) is 5.69 Å². The number of nitrogens with zero attached hydrogens (tertiary/aromatic N) is 2. The van der Waals surface area contributed by atoms with E-state index in [0.29, 0.717) is 38.2 Å². The molecule has 0 spiro atoms. The molecule has 1 N–H and O–H groups in total. The predicted molar refractivity (Wildman–Crippen MR) is 101 cm³/mol. The molecule has 0 aliphatic carbocycles. The van der Waals surface area contributed by atoms with Crippen molar-refractivity contribution in [3.8, 4) is 0 Å². The second kappa shape index (κ2) is 8.47. The van der Waals surface area contributed by atoms with Gasteiger partial charge in [-0.05, 0) is 30.9 Å². The van der Waals surface area contributed by atoms with Crippen molar-refractivity contribution in [2.75, 3.05) is 24.5 Å². The molecule has 1 amide bonds. The Morgan fingerprint density at radius 2 is 1.73 bits per heavy atom. The lowest BCUT2D eigenvalue weighted by molar-refractivity contribution is -0.384. The van der Waals surface area contributed by atoms with E-state index in [1.165, 1.54) is 11.6 Å². The zero-order chi connectivity index (χ0) is 18.4. The number of para-hydroxylation sites is 2. The van der Waals surface area contributed by atoms with Crippen LogP contribution in [0.4, 0.5) is 11.4 Å². The molecule has 1 heterocycles. The SMILES string of the molecule is O=C(NCCc1ccccc1)C1CCN(c2ccccc2[N+](=O)[O-])CC1. The van der Waals surface area contributed by atoms with E-state index >= 15 is 0 Å². The minimum Gasteiger partial charge on any atom is -0.366 e. The normalized spacial score (nSPS) is 14.8. The number of anilines is 1. The van der Waals surface area contributed by atoms with Gasteiger partial charge in [-0.15, -0.1) is 0 Å². The molecule has 6 heteroatoms. The maximum absolute atomic E-state index is 12.4. The van der Waals surface area contributed by atoms with Crippen molar-refractivity contribution in [3.63, 3.8) is 0 Å². The van der Waals surface area contributed by atoms with Crippen LogP contribution in [-0.4, -0.2) is 30.5 Å². The summed E-state index contributed by atoms with van der Waals surface area (Å²) >= 11 is 0. The lowest BCUT2D eigenvalue weighted by atomic mass is 9.95. The molecular weight excluding hydrogens is 330 g/mol. The summed E-state index contributed by atoms with van der Waals surface area (Å²) in [7, 11) is 0. The average molecular weight is 353 g/mol. The highest BCUT2D eigenvalue weighted by molar-refractivity contribution is 5.79. The fourth-order valence-corrected chi connectivity index (χ4v) is 3.39. The molecule has 136 valence electrons. The van der Waals surface area contributed by atoms with E-state index in [1.54, 1.807) is 12.1 Å². The number of rotatable bonds is 6. The second-order valence-electron chi connectivity index (χ2n) is 6.53. The number of amides is 1. The minimum absolute atomic E-state index is 0.0233. The number of benzene rings is 2. The van der Waals surface area contributed by atoms with Crippen LogP contribution in [0.1, 0.15) is 18.4 Å². The number of nitro groups is 1. The van der Waals surface area contributed by atoms with E-state index < -0.39 is 0 Å². The van der Waals surface area contributed by atoms with Gasteiger partial charge in [0.15, 0.2) is 0 Å². The Kier molecular flexibility index (Phi) is 5.84. The molecule has 6 nitrogen and oxygen atoms in total. The minimum atomic E-state index is -0.349. The Labute approximate surface area is 153 Å². The first-order chi connectivity index (χ1) is 12.6. The fourth-order valence-electron chi connectivity index (χ4n) is 3.39. The number of nitro benzene ring substituents is 1. The van der Waals surface area contributed by atoms with Crippen molar-refractivity contribution < 1.29 is 9.72 Å². The first-order valence-corrected chi connectivity index (χ1v) is 8.95. The van der Waals surface area contributed by atoms with Gasteiger partial charge in [-0.3, -0.25) is 14.9 Å². The lowest BCUT2D eigenvalue weighted by Crippen LogP contribution is -2.41. The highest BCUT2D eigenvalue weighted by Crippen LogP contribution is 2.31. The van der Waals surface area contributed by atoms with Gasteiger partial charge in [-0.2, -0.15) is 0 Å². The van der Waals surface area contributed by atoms with Crippen molar-refractivity contribution in [3.05, 3.63) is 70.3 Å². The highest BCUT2D eigenvalue weighted by Gasteiger charge is 2.27.